The third kappa shape index (κ3) is 17.4. The van der Waals surface area contributed by atoms with Crippen molar-refractivity contribution < 1.29 is 4.79 Å². The molecule has 180 valence electrons. The number of rotatable bonds is 24. The van der Waals surface area contributed by atoms with E-state index in [0.717, 1.165) is 19.3 Å². The first-order chi connectivity index (χ1) is 14.6. The normalized spacial score (nSPS) is 11.9. The first kappa shape index (κ1) is 29.7. The van der Waals surface area contributed by atoms with E-state index in [1.807, 2.05) is 0 Å². The van der Waals surface area contributed by atoms with Gasteiger partial charge in [0.25, 0.3) is 0 Å². The van der Waals surface area contributed by atoms with Gasteiger partial charge in [0.1, 0.15) is 5.78 Å². The molecule has 0 atom stereocenters. The van der Waals surface area contributed by atoms with Crippen LogP contribution >= 0.6 is 0 Å². The van der Waals surface area contributed by atoms with E-state index in [1.165, 1.54) is 128 Å². The molecule has 0 rings (SSSR count). The molecular formula is C29H58O. The molecule has 0 aliphatic carbocycles. The Morgan fingerprint density at radius 1 is 0.500 bits per heavy atom. The van der Waals surface area contributed by atoms with Gasteiger partial charge < -0.3 is 0 Å². The van der Waals surface area contributed by atoms with Gasteiger partial charge in [0.05, 0.1) is 0 Å². The summed E-state index contributed by atoms with van der Waals surface area (Å²) in [5.74, 6) is 0.560. The van der Waals surface area contributed by atoms with E-state index in [0.29, 0.717) is 11.2 Å². The van der Waals surface area contributed by atoms with Gasteiger partial charge in [-0.1, -0.05) is 143 Å². The molecule has 1 heteroatoms. The van der Waals surface area contributed by atoms with Crippen LogP contribution in [0.1, 0.15) is 175 Å². The minimum atomic E-state index is 0.300. The Labute approximate surface area is 191 Å². The van der Waals surface area contributed by atoms with Crippen LogP contribution in [0.4, 0.5) is 0 Å². The summed E-state index contributed by atoms with van der Waals surface area (Å²) in [6.45, 7) is 9.20. The molecule has 0 bridgehead atoms. The quantitative estimate of drug-likeness (QED) is 0.141. The largest absolute Gasteiger partial charge is 0.300 e. The number of Topliss-reactive ketones (excluding diaryl/α,β-unsaturated/α-hetero) is 1. The summed E-state index contributed by atoms with van der Waals surface area (Å²) in [7, 11) is 0. The SMILES string of the molecule is CCCCCCCCC(=O)CC(CC)(CCCCCCCC)CCCCCCCC. The number of hydrogen-bond acceptors (Lipinski definition) is 1. The highest BCUT2D eigenvalue weighted by molar-refractivity contribution is 5.79. The van der Waals surface area contributed by atoms with Crippen molar-refractivity contribution in [3.63, 3.8) is 0 Å². The summed E-state index contributed by atoms with van der Waals surface area (Å²) in [5.41, 5.74) is 0.300. The van der Waals surface area contributed by atoms with Gasteiger partial charge in [-0.3, -0.25) is 4.79 Å². The fourth-order valence-corrected chi connectivity index (χ4v) is 4.95. The predicted molar refractivity (Wildman–Crippen MR) is 136 cm³/mol. The van der Waals surface area contributed by atoms with Crippen LogP contribution in [0.3, 0.4) is 0 Å². The molecule has 0 aliphatic heterocycles. The standard InChI is InChI=1S/C29H58O/c1-5-9-12-15-18-21-24-28(30)27-29(8-4,25-22-19-16-13-10-6-2)26-23-20-17-14-11-7-3/h5-27H2,1-4H3. The van der Waals surface area contributed by atoms with Crippen LogP contribution < -0.4 is 0 Å². The van der Waals surface area contributed by atoms with Gasteiger partial charge in [-0.2, -0.15) is 0 Å². The van der Waals surface area contributed by atoms with E-state index in [1.54, 1.807) is 0 Å². The van der Waals surface area contributed by atoms with E-state index >= 15 is 0 Å². The third-order valence-electron chi connectivity index (χ3n) is 7.25. The second-order valence-electron chi connectivity index (χ2n) is 10.1. The van der Waals surface area contributed by atoms with Crippen LogP contribution in [0.2, 0.25) is 0 Å². The van der Waals surface area contributed by atoms with Crippen molar-refractivity contribution in [1.29, 1.82) is 0 Å². The molecule has 0 N–H and O–H groups in total. The molecule has 0 amide bonds. The Hall–Kier alpha value is -0.330. The van der Waals surface area contributed by atoms with Crippen molar-refractivity contribution in [1.82, 2.24) is 0 Å². The minimum Gasteiger partial charge on any atom is -0.300 e. The number of hydrogen-bond donors (Lipinski definition) is 0. The van der Waals surface area contributed by atoms with E-state index in [4.69, 9.17) is 0 Å². The molecule has 0 spiro atoms. The van der Waals surface area contributed by atoms with Gasteiger partial charge in [0, 0.05) is 12.8 Å². The first-order valence-electron chi connectivity index (χ1n) is 14.2. The molecule has 0 radical (unpaired) electrons. The average molecular weight is 423 g/mol. The number of carbonyl (C=O) groups is 1. The Balaban J connectivity index is 4.44. The van der Waals surface area contributed by atoms with Crippen LogP contribution in [0, 0.1) is 5.41 Å². The highest BCUT2D eigenvalue weighted by Gasteiger charge is 2.29. The van der Waals surface area contributed by atoms with E-state index in [2.05, 4.69) is 27.7 Å². The Morgan fingerprint density at radius 2 is 0.867 bits per heavy atom. The van der Waals surface area contributed by atoms with E-state index < -0.39 is 0 Å². The Kier molecular flexibility index (Phi) is 21.6. The van der Waals surface area contributed by atoms with Gasteiger partial charge in [0.2, 0.25) is 0 Å². The van der Waals surface area contributed by atoms with Crippen molar-refractivity contribution in [2.75, 3.05) is 0 Å². The maximum atomic E-state index is 12.9. The summed E-state index contributed by atoms with van der Waals surface area (Å²) in [5, 5.41) is 0. The van der Waals surface area contributed by atoms with Crippen LogP contribution in [0.5, 0.6) is 0 Å². The van der Waals surface area contributed by atoms with Crippen LogP contribution in [-0.2, 0) is 4.79 Å². The Morgan fingerprint density at radius 3 is 1.27 bits per heavy atom. The van der Waals surface area contributed by atoms with Crippen molar-refractivity contribution in [2.24, 2.45) is 5.41 Å². The topological polar surface area (TPSA) is 17.1 Å². The summed E-state index contributed by atoms with van der Waals surface area (Å²) in [4.78, 5) is 12.9. The highest BCUT2D eigenvalue weighted by Crippen LogP contribution is 2.39. The van der Waals surface area contributed by atoms with Gasteiger partial charge in [-0.25, -0.2) is 0 Å². The van der Waals surface area contributed by atoms with Gasteiger partial charge in [-0.15, -0.1) is 0 Å². The highest BCUT2D eigenvalue weighted by atomic mass is 16.1. The maximum Gasteiger partial charge on any atom is 0.133 e. The van der Waals surface area contributed by atoms with Crippen molar-refractivity contribution in [2.45, 2.75) is 175 Å². The molecule has 0 aromatic carbocycles. The molecule has 0 fully saturated rings. The van der Waals surface area contributed by atoms with Crippen LogP contribution in [-0.4, -0.2) is 5.78 Å². The lowest BCUT2D eigenvalue weighted by Gasteiger charge is -2.33. The van der Waals surface area contributed by atoms with Gasteiger partial charge >= 0.3 is 0 Å². The van der Waals surface area contributed by atoms with E-state index in [9.17, 15) is 4.79 Å². The van der Waals surface area contributed by atoms with E-state index in [-0.39, 0.29) is 0 Å². The Bertz CT molecular complexity index is 343. The molecule has 0 unspecified atom stereocenters. The second kappa shape index (κ2) is 21.9. The smallest absolute Gasteiger partial charge is 0.133 e. The van der Waals surface area contributed by atoms with Gasteiger partial charge in [-0.05, 0) is 24.7 Å². The fourth-order valence-electron chi connectivity index (χ4n) is 4.95. The monoisotopic (exact) mass is 422 g/mol. The molecule has 0 aromatic rings. The number of carbonyl (C=O) groups excluding carboxylic acids is 1. The zero-order valence-electron chi connectivity index (χ0n) is 21.7. The molecule has 0 heterocycles. The first-order valence-corrected chi connectivity index (χ1v) is 14.2. The molecule has 0 aliphatic rings. The zero-order chi connectivity index (χ0) is 22.3. The minimum absolute atomic E-state index is 0.300. The third-order valence-corrected chi connectivity index (χ3v) is 7.25. The number of unbranched alkanes of at least 4 members (excludes halogenated alkanes) is 15. The zero-order valence-corrected chi connectivity index (χ0v) is 21.7. The predicted octanol–water partition coefficient (Wildman–Crippen LogP) is 10.6. The molecular weight excluding hydrogens is 364 g/mol. The molecule has 0 aromatic heterocycles. The lowest BCUT2D eigenvalue weighted by molar-refractivity contribution is -0.122. The second-order valence-corrected chi connectivity index (χ2v) is 10.1. The summed E-state index contributed by atoms with van der Waals surface area (Å²) in [6.07, 6.45) is 29.5. The average Bonchev–Trinajstić information content (AvgIpc) is 2.75. The summed E-state index contributed by atoms with van der Waals surface area (Å²) >= 11 is 0. The van der Waals surface area contributed by atoms with Crippen molar-refractivity contribution in [3.05, 3.63) is 0 Å². The molecule has 1 nitrogen and oxygen atoms in total. The van der Waals surface area contributed by atoms with Gasteiger partial charge in [0.15, 0.2) is 0 Å². The molecule has 0 saturated heterocycles. The number of ketones is 1. The van der Waals surface area contributed by atoms with Crippen molar-refractivity contribution in [3.8, 4) is 0 Å². The molecule has 30 heavy (non-hydrogen) atoms. The lowest BCUT2D eigenvalue weighted by atomic mass is 9.72. The summed E-state index contributed by atoms with van der Waals surface area (Å²) < 4.78 is 0. The summed E-state index contributed by atoms with van der Waals surface area (Å²) in [6, 6.07) is 0. The maximum absolute atomic E-state index is 12.9. The molecule has 0 saturated carbocycles. The fraction of sp³-hybridized carbons (Fsp3) is 0.966. The van der Waals surface area contributed by atoms with Crippen LogP contribution in [0.25, 0.3) is 0 Å². The lowest BCUT2D eigenvalue weighted by Crippen LogP contribution is -2.24. The van der Waals surface area contributed by atoms with Crippen molar-refractivity contribution >= 4 is 5.78 Å². The van der Waals surface area contributed by atoms with Crippen LogP contribution in [0.15, 0.2) is 0 Å².